The number of ether oxygens (including phenoxy) is 4. The van der Waals surface area contributed by atoms with Gasteiger partial charge in [-0.15, -0.1) is 0 Å². The first-order chi connectivity index (χ1) is 13.0. The SMILES string of the molecule is [B][C@@H]1O[C@H](COC(C)C)[C@H](OP(=O)([O-])OC[C@H]2O[C@@H]([B])C[C@H]2OC(C)C)C1S. The number of phosphoric acid groups is 1. The maximum Gasteiger partial charge on any atom is 0.268 e. The van der Waals surface area contributed by atoms with E-state index < -0.39 is 43.4 Å². The molecule has 8 nitrogen and oxygen atoms in total. The highest BCUT2D eigenvalue weighted by molar-refractivity contribution is 7.81. The monoisotopic (exact) mass is 433 g/mol. The standard InChI is InChI=1S/C16H29B2O8PS/c1-8(2)21-6-12-14(15(28)16(18)25-12)26-27(19,20)22-7-11-10(23-9(3)4)5-13(17)24-11/h8-16,28H,5-7H2,1-4H3,(H,19,20)/p-1/t10-,11-,12-,13-,14+,15?,16-/m1/s1. The van der Waals surface area contributed by atoms with Gasteiger partial charge in [0.1, 0.15) is 34.0 Å². The van der Waals surface area contributed by atoms with Crippen LogP contribution >= 0.6 is 20.5 Å². The first-order valence-electron chi connectivity index (χ1n) is 9.39. The quantitative estimate of drug-likeness (QED) is 0.304. The van der Waals surface area contributed by atoms with Crippen molar-refractivity contribution < 1.29 is 37.5 Å². The zero-order chi connectivity index (χ0) is 21.1. The van der Waals surface area contributed by atoms with Crippen molar-refractivity contribution in [2.45, 2.75) is 88.0 Å². The maximum atomic E-state index is 12.4. The van der Waals surface area contributed by atoms with Gasteiger partial charge in [0.25, 0.3) is 7.82 Å². The van der Waals surface area contributed by atoms with E-state index >= 15 is 0 Å². The summed E-state index contributed by atoms with van der Waals surface area (Å²) in [6.07, 6.45) is -2.25. The molecule has 8 atom stereocenters. The fourth-order valence-electron chi connectivity index (χ4n) is 3.05. The predicted molar refractivity (Wildman–Crippen MR) is 106 cm³/mol. The van der Waals surface area contributed by atoms with Crippen molar-refractivity contribution >= 4 is 36.1 Å². The lowest BCUT2D eigenvalue weighted by molar-refractivity contribution is -0.234. The first kappa shape index (κ1) is 24.7. The van der Waals surface area contributed by atoms with E-state index in [4.69, 9.17) is 43.7 Å². The summed E-state index contributed by atoms with van der Waals surface area (Å²) in [7, 11) is 6.91. The normalized spacial score (nSPS) is 38.4. The number of hydrogen-bond acceptors (Lipinski definition) is 9. The molecule has 2 aliphatic heterocycles. The minimum absolute atomic E-state index is 0.0551. The van der Waals surface area contributed by atoms with Crippen LogP contribution in [-0.2, 0) is 32.6 Å². The molecule has 0 aromatic carbocycles. The van der Waals surface area contributed by atoms with Crippen LogP contribution < -0.4 is 4.89 Å². The highest BCUT2D eigenvalue weighted by Crippen LogP contribution is 2.45. The van der Waals surface area contributed by atoms with Gasteiger partial charge in [-0.3, -0.25) is 4.57 Å². The van der Waals surface area contributed by atoms with Crippen LogP contribution in [0.3, 0.4) is 0 Å². The molecule has 2 fully saturated rings. The van der Waals surface area contributed by atoms with Crippen LogP contribution in [0.15, 0.2) is 0 Å². The molecule has 2 saturated heterocycles. The van der Waals surface area contributed by atoms with Gasteiger partial charge >= 0.3 is 0 Å². The Balaban J connectivity index is 1.93. The molecule has 28 heavy (non-hydrogen) atoms. The van der Waals surface area contributed by atoms with Gasteiger partial charge in [-0.1, -0.05) is 0 Å². The van der Waals surface area contributed by atoms with Crippen LogP contribution in [0.1, 0.15) is 34.1 Å². The third-order valence-corrected chi connectivity index (χ3v) is 5.84. The molecule has 2 heterocycles. The van der Waals surface area contributed by atoms with E-state index in [1.807, 2.05) is 27.7 Å². The molecule has 0 saturated carbocycles. The van der Waals surface area contributed by atoms with Gasteiger partial charge in [-0.2, -0.15) is 12.6 Å². The van der Waals surface area contributed by atoms with E-state index in [0.29, 0.717) is 6.42 Å². The molecule has 0 aromatic rings. The Bertz CT molecular complexity index is 543. The second-order valence-corrected chi connectivity index (χ2v) is 9.46. The Labute approximate surface area is 175 Å². The van der Waals surface area contributed by atoms with Gasteiger partial charge in [-0.25, -0.2) is 0 Å². The summed E-state index contributed by atoms with van der Waals surface area (Å²) >= 11 is 4.31. The molecule has 2 aliphatic rings. The maximum absolute atomic E-state index is 12.4. The highest BCUT2D eigenvalue weighted by Gasteiger charge is 2.43. The Morgan fingerprint density at radius 2 is 1.82 bits per heavy atom. The van der Waals surface area contributed by atoms with E-state index in [1.165, 1.54) is 0 Å². The Kier molecular flexibility index (Phi) is 9.39. The topological polar surface area (TPSA) is 95.5 Å². The zero-order valence-corrected chi connectivity index (χ0v) is 18.4. The van der Waals surface area contributed by atoms with Crippen molar-refractivity contribution in [3.05, 3.63) is 0 Å². The summed E-state index contributed by atoms with van der Waals surface area (Å²) in [4.78, 5) is 12.4. The van der Waals surface area contributed by atoms with Crippen LogP contribution in [0.2, 0.25) is 0 Å². The van der Waals surface area contributed by atoms with Gasteiger partial charge in [0.2, 0.25) is 0 Å². The second kappa shape index (κ2) is 10.6. The molecular formula is C16H28B2O8PS-. The van der Waals surface area contributed by atoms with Crippen LogP contribution in [0.25, 0.3) is 0 Å². The Morgan fingerprint density at radius 1 is 1.14 bits per heavy atom. The number of hydrogen-bond donors (Lipinski definition) is 1. The van der Waals surface area contributed by atoms with E-state index in [-0.39, 0.29) is 31.5 Å². The minimum atomic E-state index is -4.69. The summed E-state index contributed by atoms with van der Waals surface area (Å²) in [6, 6.07) is -1.32. The van der Waals surface area contributed by atoms with Crippen molar-refractivity contribution in [1.82, 2.24) is 0 Å². The van der Waals surface area contributed by atoms with Crippen molar-refractivity contribution in [1.29, 1.82) is 0 Å². The summed E-state index contributed by atoms with van der Waals surface area (Å²) in [5.74, 6) is 0. The average Bonchev–Trinajstić information content (AvgIpc) is 3.04. The van der Waals surface area contributed by atoms with Crippen LogP contribution in [0, 0.1) is 0 Å². The summed E-state index contributed by atoms with van der Waals surface area (Å²) in [5, 5.41) is -0.653. The third kappa shape index (κ3) is 7.29. The van der Waals surface area contributed by atoms with Crippen LogP contribution in [0.4, 0.5) is 0 Å². The molecule has 158 valence electrons. The lowest BCUT2D eigenvalue weighted by atomic mass is 9.95. The lowest BCUT2D eigenvalue weighted by Crippen LogP contribution is -2.37. The molecule has 0 aromatic heterocycles. The van der Waals surface area contributed by atoms with Gasteiger partial charge in [-0.05, 0) is 34.1 Å². The number of thiol groups is 1. The molecule has 0 amide bonds. The smallest absolute Gasteiger partial charge is 0.268 e. The predicted octanol–water partition coefficient (Wildman–Crippen LogP) is 0.551. The molecule has 2 rings (SSSR count). The van der Waals surface area contributed by atoms with Gasteiger partial charge in [0.05, 0.1) is 31.5 Å². The molecule has 0 spiro atoms. The van der Waals surface area contributed by atoms with Gasteiger partial charge in [0, 0.05) is 17.3 Å². The highest BCUT2D eigenvalue weighted by atomic mass is 32.1. The molecule has 12 heteroatoms. The summed E-state index contributed by atoms with van der Waals surface area (Å²) < 4.78 is 44.8. The van der Waals surface area contributed by atoms with Gasteiger partial charge in [0.15, 0.2) is 0 Å². The van der Waals surface area contributed by atoms with Crippen LogP contribution in [-0.4, -0.2) is 82.8 Å². The Hall–Kier alpha value is 0.430. The lowest BCUT2D eigenvalue weighted by Gasteiger charge is -2.31. The van der Waals surface area contributed by atoms with Crippen molar-refractivity contribution in [3.63, 3.8) is 0 Å². The number of rotatable bonds is 10. The molecule has 4 radical (unpaired) electrons. The van der Waals surface area contributed by atoms with Gasteiger partial charge < -0.3 is 32.9 Å². The Morgan fingerprint density at radius 3 is 2.43 bits per heavy atom. The van der Waals surface area contributed by atoms with E-state index in [9.17, 15) is 9.46 Å². The average molecular weight is 433 g/mol. The van der Waals surface area contributed by atoms with Crippen molar-refractivity contribution in [2.24, 2.45) is 0 Å². The number of phosphoric ester groups is 1. The molecule has 0 bridgehead atoms. The third-order valence-electron chi connectivity index (χ3n) is 4.29. The van der Waals surface area contributed by atoms with Crippen molar-refractivity contribution in [2.75, 3.05) is 13.2 Å². The van der Waals surface area contributed by atoms with Crippen molar-refractivity contribution in [3.8, 4) is 0 Å². The summed E-state index contributed by atoms with van der Waals surface area (Å²) in [6.45, 7) is 7.31. The van der Waals surface area contributed by atoms with E-state index in [2.05, 4.69) is 12.6 Å². The van der Waals surface area contributed by atoms with E-state index in [1.54, 1.807) is 0 Å². The molecular weight excluding hydrogens is 405 g/mol. The molecule has 0 aliphatic carbocycles. The minimum Gasteiger partial charge on any atom is -0.756 e. The summed E-state index contributed by atoms with van der Waals surface area (Å²) in [5.41, 5.74) is 0. The second-order valence-electron chi connectivity index (χ2n) is 7.50. The molecule has 2 unspecified atom stereocenters. The first-order valence-corrected chi connectivity index (χ1v) is 11.4. The largest absolute Gasteiger partial charge is 0.756 e. The zero-order valence-electron chi connectivity index (χ0n) is 16.6. The van der Waals surface area contributed by atoms with E-state index in [0.717, 1.165) is 0 Å². The van der Waals surface area contributed by atoms with Crippen LogP contribution in [0.5, 0.6) is 0 Å². The fraction of sp³-hybridized carbons (Fsp3) is 1.00. The molecule has 0 N–H and O–H groups in total. The fourth-order valence-corrected chi connectivity index (χ4v) is 4.42.